The van der Waals surface area contributed by atoms with E-state index in [4.69, 9.17) is 0 Å². The van der Waals surface area contributed by atoms with Gasteiger partial charge in [-0.15, -0.1) is 0 Å². The van der Waals surface area contributed by atoms with Crippen molar-refractivity contribution in [2.45, 2.75) is 13.8 Å². The summed E-state index contributed by atoms with van der Waals surface area (Å²) in [5.74, 6) is -1.24. The lowest BCUT2D eigenvalue weighted by atomic mass is 10.1. The number of nitro benzene ring substituents is 2. The summed E-state index contributed by atoms with van der Waals surface area (Å²) in [4.78, 5) is 45.4. The van der Waals surface area contributed by atoms with Gasteiger partial charge in [0, 0.05) is 23.4 Å². The van der Waals surface area contributed by atoms with Crippen LogP contribution in [0.1, 0.15) is 32.1 Å². The van der Waals surface area contributed by atoms with Crippen molar-refractivity contribution in [3.05, 3.63) is 85.2 Å². The van der Waals surface area contributed by atoms with E-state index >= 15 is 0 Å². The molecule has 0 fully saturated rings. The summed E-state index contributed by atoms with van der Waals surface area (Å²) in [6.45, 7) is 3.48. The fraction of sp³-hybridized carbons (Fsp3) is 0.105. The number of nitrogens with one attached hydrogen (secondary N) is 3. The molecule has 0 atom stereocenters. The molecule has 31 heavy (non-hydrogen) atoms. The third-order valence-corrected chi connectivity index (χ3v) is 4.34. The molecule has 158 valence electrons. The molecule has 0 aliphatic carbocycles. The number of H-pyrrole nitrogens is 1. The third-order valence-electron chi connectivity index (χ3n) is 4.34. The van der Waals surface area contributed by atoms with Crippen LogP contribution in [0.4, 0.5) is 22.7 Å². The zero-order valence-corrected chi connectivity index (χ0v) is 16.3. The predicted molar refractivity (Wildman–Crippen MR) is 110 cm³/mol. The fourth-order valence-corrected chi connectivity index (χ4v) is 2.80. The van der Waals surface area contributed by atoms with E-state index in [1.165, 1.54) is 24.3 Å². The molecule has 0 unspecified atom stereocenters. The molecule has 1 heterocycles. The molecule has 0 saturated heterocycles. The molecule has 0 aliphatic rings. The van der Waals surface area contributed by atoms with Crippen molar-refractivity contribution in [1.82, 2.24) is 10.2 Å². The van der Waals surface area contributed by atoms with Crippen molar-refractivity contribution >= 4 is 34.6 Å². The minimum atomic E-state index is -0.825. The SMILES string of the molecule is Cc1n[nH]c(C)c1NC(=O)c1cccc(NC(=O)c2cc([N+](=O)[O-])cc([N+](=O)[O-])c2)c1. The topological polar surface area (TPSA) is 173 Å². The van der Waals surface area contributed by atoms with E-state index in [1.54, 1.807) is 13.8 Å². The number of rotatable bonds is 6. The fourth-order valence-electron chi connectivity index (χ4n) is 2.80. The number of aryl methyl sites for hydroxylation is 2. The molecule has 0 saturated carbocycles. The lowest BCUT2D eigenvalue weighted by Crippen LogP contribution is -2.15. The second-order valence-corrected chi connectivity index (χ2v) is 6.55. The summed E-state index contributed by atoms with van der Waals surface area (Å²) in [6.07, 6.45) is 0. The maximum absolute atomic E-state index is 12.5. The summed E-state index contributed by atoms with van der Waals surface area (Å²) in [6, 6.07) is 8.62. The van der Waals surface area contributed by atoms with Crippen LogP contribution in [0.5, 0.6) is 0 Å². The first kappa shape index (κ1) is 21.1. The van der Waals surface area contributed by atoms with Crippen molar-refractivity contribution in [3.63, 3.8) is 0 Å². The molecular weight excluding hydrogens is 408 g/mol. The molecule has 12 heteroatoms. The van der Waals surface area contributed by atoms with Gasteiger partial charge in [-0.3, -0.25) is 34.9 Å². The Morgan fingerprint density at radius 1 is 0.903 bits per heavy atom. The molecule has 2 aromatic carbocycles. The van der Waals surface area contributed by atoms with Crippen molar-refractivity contribution in [2.75, 3.05) is 10.6 Å². The lowest BCUT2D eigenvalue weighted by Gasteiger charge is -2.09. The standard InChI is InChI=1S/C19H16N6O6/c1-10-17(11(2)23-22-10)21-18(26)12-4-3-5-14(6-12)20-19(27)13-7-15(24(28)29)9-16(8-13)25(30)31/h3-9H,1-2H3,(H,20,27)(H,21,26)(H,22,23). The summed E-state index contributed by atoms with van der Waals surface area (Å²) in [5.41, 5.74) is 0.876. The predicted octanol–water partition coefficient (Wildman–Crippen LogP) is 3.35. The van der Waals surface area contributed by atoms with Crippen molar-refractivity contribution in [1.29, 1.82) is 0 Å². The highest BCUT2D eigenvalue weighted by Crippen LogP contribution is 2.24. The Labute approximate surface area is 174 Å². The van der Waals surface area contributed by atoms with E-state index < -0.39 is 33.0 Å². The van der Waals surface area contributed by atoms with Crippen LogP contribution >= 0.6 is 0 Å². The van der Waals surface area contributed by atoms with Crippen LogP contribution in [0.2, 0.25) is 0 Å². The minimum Gasteiger partial charge on any atom is -0.322 e. The van der Waals surface area contributed by atoms with Crippen LogP contribution in [0.25, 0.3) is 0 Å². The molecule has 0 bridgehead atoms. The van der Waals surface area contributed by atoms with Gasteiger partial charge in [0.15, 0.2) is 0 Å². The van der Waals surface area contributed by atoms with Gasteiger partial charge in [0.1, 0.15) is 0 Å². The van der Waals surface area contributed by atoms with Crippen molar-refractivity contribution < 1.29 is 19.4 Å². The summed E-state index contributed by atoms with van der Waals surface area (Å²) in [5, 5.41) is 34.0. The molecule has 3 aromatic rings. The Morgan fingerprint density at radius 2 is 1.52 bits per heavy atom. The third kappa shape index (κ3) is 4.70. The average molecular weight is 424 g/mol. The summed E-state index contributed by atoms with van der Waals surface area (Å²) in [7, 11) is 0. The van der Waals surface area contributed by atoms with Crippen LogP contribution in [-0.4, -0.2) is 31.9 Å². The van der Waals surface area contributed by atoms with Gasteiger partial charge in [0.05, 0.1) is 38.6 Å². The smallest absolute Gasteiger partial charge is 0.277 e. The van der Waals surface area contributed by atoms with Gasteiger partial charge < -0.3 is 10.6 Å². The van der Waals surface area contributed by atoms with Gasteiger partial charge in [0.25, 0.3) is 23.2 Å². The average Bonchev–Trinajstić information content (AvgIpc) is 3.05. The van der Waals surface area contributed by atoms with Gasteiger partial charge in [-0.05, 0) is 32.0 Å². The minimum absolute atomic E-state index is 0.229. The van der Waals surface area contributed by atoms with E-state index in [0.717, 1.165) is 18.2 Å². The second kappa shape index (κ2) is 8.41. The first-order valence-electron chi connectivity index (χ1n) is 8.84. The van der Waals surface area contributed by atoms with Gasteiger partial charge >= 0.3 is 0 Å². The quantitative estimate of drug-likeness (QED) is 0.402. The Kier molecular flexibility index (Phi) is 5.72. The molecule has 0 aliphatic heterocycles. The molecule has 3 rings (SSSR count). The molecule has 2 amide bonds. The van der Waals surface area contributed by atoms with Gasteiger partial charge in [0.2, 0.25) is 0 Å². The normalized spacial score (nSPS) is 10.4. The first-order valence-corrected chi connectivity index (χ1v) is 8.84. The van der Waals surface area contributed by atoms with E-state index in [-0.39, 0.29) is 16.8 Å². The van der Waals surface area contributed by atoms with Gasteiger partial charge in [-0.1, -0.05) is 6.07 Å². The second-order valence-electron chi connectivity index (χ2n) is 6.55. The highest BCUT2D eigenvalue weighted by Gasteiger charge is 2.20. The summed E-state index contributed by atoms with van der Waals surface area (Å²) < 4.78 is 0. The first-order chi connectivity index (χ1) is 14.7. The van der Waals surface area contributed by atoms with Crippen molar-refractivity contribution in [2.24, 2.45) is 0 Å². The number of nitrogens with zero attached hydrogens (tertiary/aromatic N) is 3. The van der Waals surface area contributed by atoms with E-state index in [0.29, 0.717) is 17.1 Å². The van der Waals surface area contributed by atoms with Crippen LogP contribution in [-0.2, 0) is 0 Å². The van der Waals surface area contributed by atoms with E-state index in [1.807, 2.05) is 0 Å². The molecule has 0 radical (unpaired) electrons. The monoisotopic (exact) mass is 424 g/mol. The number of amides is 2. The zero-order valence-electron chi connectivity index (χ0n) is 16.3. The number of non-ortho nitro benzene ring substituents is 2. The Balaban J connectivity index is 1.82. The summed E-state index contributed by atoms with van der Waals surface area (Å²) >= 11 is 0. The van der Waals surface area contributed by atoms with E-state index in [9.17, 15) is 29.8 Å². The number of aromatic amines is 1. The molecule has 3 N–H and O–H groups in total. The van der Waals surface area contributed by atoms with Gasteiger partial charge in [-0.25, -0.2) is 0 Å². The maximum Gasteiger partial charge on any atom is 0.277 e. The number of benzene rings is 2. The molecule has 1 aromatic heterocycles. The zero-order chi connectivity index (χ0) is 22.7. The number of carbonyl (C=O) groups is 2. The molecule has 12 nitrogen and oxygen atoms in total. The molecular formula is C19H16N6O6. The largest absolute Gasteiger partial charge is 0.322 e. The van der Waals surface area contributed by atoms with E-state index in [2.05, 4.69) is 20.8 Å². The maximum atomic E-state index is 12.5. The highest BCUT2D eigenvalue weighted by molar-refractivity contribution is 6.08. The number of anilines is 2. The van der Waals surface area contributed by atoms with Crippen LogP contribution in [0, 0.1) is 34.1 Å². The Bertz CT molecular complexity index is 1170. The lowest BCUT2D eigenvalue weighted by molar-refractivity contribution is -0.394. The Morgan fingerprint density at radius 3 is 2.06 bits per heavy atom. The van der Waals surface area contributed by atoms with Crippen LogP contribution < -0.4 is 10.6 Å². The Hall–Kier alpha value is -4.61. The number of carbonyl (C=O) groups excluding carboxylic acids is 2. The van der Waals surface area contributed by atoms with Crippen LogP contribution in [0.3, 0.4) is 0 Å². The number of nitro groups is 2. The molecule has 0 spiro atoms. The van der Waals surface area contributed by atoms with Crippen LogP contribution in [0.15, 0.2) is 42.5 Å². The number of aromatic nitrogens is 2. The highest BCUT2D eigenvalue weighted by atomic mass is 16.6. The number of hydrogen-bond acceptors (Lipinski definition) is 7. The number of hydrogen-bond donors (Lipinski definition) is 3. The van der Waals surface area contributed by atoms with Gasteiger partial charge in [-0.2, -0.15) is 5.10 Å². The van der Waals surface area contributed by atoms with Crippen molar-refractivity contribution in [3.8, 4) is 0 Å².